The van der Waals surface area contributed by atoms with Crippen LogP contribution < -0.4 is 0 Å². The van der Waals surface area contributed by atoms with Gasteiger partial charge in [0.1, 0.15) is 11.9 Å². The number of hydrogen-bond acceptors (Lipinski definition) is 1. The van der Waals surface area contributed by atoms with E-state index in [2.05, 4.69) is 28.8 Å². The number of rotatable bonds is 2. The molecule has 5 rings (SSSR count). The van der Waals surface area contributed by atoms with Gasteiger partial charge in [-0.3, -0.25) is 4.99 Å². The van der Waals surface area contributed by atoms with E-state index >= 15 is 0 Å². The summed E-state index contributed by atoms with van der Waals surface area (Å²) < 4.78 is 16.8. The van der Waals surface area contributed by atoms with Crippen molar-refractivity contribution in [1.82, 2.24) is 4.57 Å². The van der Waals surface area contributed by atoms with Crippen LogP contribution in [0, 0.1) is 5.82 Å². The molecule has 0 saturated heterocycles. The Hall–Kier alpha value is -3.46. The van der Waals surface area contributed by atoms with E-state index in [0.717, 1.165) is 22.5 Å². The number of aromatic nitrogens is 1. The van der Waals surface area contributed by atoms with Crippen LogP contribution in [0.2, 0.25) is 0 Å². The van der Waals surface area contributed by atoms with Gasteiger partial charge in [-0.05, 0) is 35.9 Å². The van der Waals surface area contributed by atoms with Crippen molar-refractivity contribution in [3.05, 3.63) is 125 Å². The second-order valence-electron chi connectivity index (χ2n) is 6.59. The first-order valence-corrected chi connectivity index (χ1v) is 8.97. The first-order valence-electron chi connectivity index (χ1n) is 8.97. The average Bonchev–Trinajstić information content (AvgIpc) is 3.15. The summed E-state index contributed by atoms with van der Waals surface area (Å²) in [6.07, 6.45) is 2.01. The molecule has 27 heavy (non-hydrogen) atoms. The Morgan fingerprint density at radius 1 is 0.741 bits per heavy atom. The van der Waals surface area contributed by atoms with Gasteiger partial charge >= 0.3 is 0 Å². The maximum atomic E-state index is 14.7. The molecule has 0 amide bonds. The lowest BCUT2D eigenvalue weighted by atomic mass is 9.97. The van der Waals surface area contributed by atoms with Gasteiger partial charge in [-0.15, -0.1) is 0 Å². The standard InChI is InChI=1S/C24H17FN2/c25-20-13-6-4-11-18(20)24-22-15-8-16-27(22)21-14-7-5-12-19(21)23(26-24)17-9-2-1-3-10-17/h1-16,23H/t23-/m0/s1. The van der Waals surface area contributed by atoms with E-state index in [1.165, 1.54) is 6.07 Å². The molecule has 0 saturated carbocycles. The maximum absolute atomic E-state index is 14.7. The zero-order chi connectivity index (χ0) is 18.2. The van der Waals surface area contributed by atoms with E-state index in [1.54, 1.807) is 12.1 Å². The quantitative estimate of drug-likeness (QED) is 0.450. The molecule has 3 heteroatoms. The molecule has 2 nitrogen and oxygen atoms in total. The van der Waals surface area contributed by atoms with Gasteiger partial charge in [0.2, 0.25) is 0 Å². The summed E-state index contributed by atoms with van der Waals surface area (Å²) in [5, 5.41) is 0. The predicted octanol–water partition coefficient (Wildman–Crippen LogP) is 5.56. The topological polar surface area (TPSA) is 17.3 Å². The van der Waals surface area contributed by atoms with E-state index in [1.807, 2.05) is 54.7 Å². The number of aliphatic imine (C=N–C) groups is 1. The third-order valence-corrected chi connectivity index (χ3v) is 4.98. The minimum Gasteiger partial charge on any atom is -0.315 e. The fourth-order valence-corrected chi connectivity index (χ4v) is 3.74. The summed E-state index contributed by atoms with van der Waals surface area (Å²) in [5.74, 6) is -0.262. The Morgan fingerprint density at radius 3 is 2.33 bits per heavy atom. The Bertz CT molecular complexity index is 1140. The Labute approximate surface area is 157 Å². The summed E-state index contributed by atoms with van der Waals surface area (Å²) in [6, 6.07) is 29.0. The third-order valence-electron chi connectivity index (χ3n) is 4.98. The number of fused-ring (bicyclic) bond motifs is 3. The Kier molecular flexibility index (Phi) is 3.72. The van der Waals surface area contributed by atoms with Crippen molar-refractivity contribution >= 4 is 5.71 Å². The number of nitrogens with zero attached hydrogens (tertiary/aromatic N) is 2. The van der Waals surface area contributed by atoms with Gasteiger partial charge in [-0.2, -0.15) is 0 Å². The number of hydrogen-bond donors (Lipinski definition) is 0. The highest BCUT2D eigenvalue weighted by molar-refractivity contribution is 6.13. The van der Waals surface area contributed by atoms with Gasteiger partial charge < -0.3 is 4.57 Å². The van der Waals surface area contributed by atoms with Crippen LogP contribution in [0.3, 0.4) is 0 Å². The van der Waals surface area contributed by atoms with Crippen LogP contribution in [0.5, 0.6) is 0 Å². The van der Waals surface area contributed by atoms with Crippen LogP contribution >= 0.6 is 0 Å². The van der Waals surface area contributed by atoms with Crippen molar-refractivity contribution in [2.24, 2.45) is 4.99 Å². The molecule has 4 aromatic rings. The lowest BCUT2D eigenvalue weighted by molar-refractivity contribution is 0.625. The van der Waals surface area contributed by atoms with E-state index in [0.29, 0.717) is 11.3 Å². The minimum absolute atomic E-state index is 0.197. The van der Waals surface area contributed by atoms with E-state index in [9.17, 15) is 4.39 Å². The van der Waals surface area contributed by atoms with Crippen molar-refractivity contribution in [1.29, 1.82) is 0 Å². The normalized spacial score (nSPS) is 15.4. The molecule has 130 valence electrons. The molecule has 1 aliphatic heterocycles. The van der Waals surface area contributed by atoms with Crippen LogP contribution in [-0.4, -0.2) is 10.3 Å². The van der Waals surface area contributed by atoms with Crippen LogP contribution in [0.4, 0.5) is 4.39 Å². The van der Waals surface area contributed by atoms with Crippen molar-refractivity contribution < 1.29 is 4.39 Å². The first kappa shape index (κ1) is 15.8. The smallest absolute Gasteiger partial charge is 0.132 e. The first-order chi connectivity index (χ1) is 13.3. The lowest BCUT2D eigenvalue weighted by Gasteiger charge is -2.16. The SMILES string of the molecule is Fc1ccccc1C1=N[C@@H](c2ccccc2)c2ccccc2-n2cccc21. The monoisotopic (exact) mass is 352 g/mol. The molecular weight excluding hydrogens is 335 g/mol. The molecule has 0 N–H and O–H groups in total. The molecule has 3 aromatic carbocycles. The second-order valence-corrected chi connectivity index (χ2v) is 6.59. The fraction of sp³-hybridized carbons (Fsp3) is 0.0417. The van der Waals surface area contributed by atoms with E-state index < -0.39 is 0 Å². The van der Waals surface area contributed by atoms with Gasteiger partial charge in [0.05, 0.1) is 17.1 Å². The van der Waals surface area contributed by atoms with Crippen molar-refractivity contribution in [3.8, 4) is 5.69 Å². The molecule has 1 atom stereocenters. The number of para-hydroxylation sites is 1. The summed E-state index contributed by atoms with van der Waals surface area (Å²) in [7, 11) is 0. The summed E-state index contributed by atoms with van der Waals surface area (Å²) in [6.45, 7) is 0. The van der Waals surface area contributed by atoms with Crippen molar-refractivity contribution in [3.63, 3.8) is 0 Å². The molecule has 0 aliphatic carbocycles. The summed E-state index contributed by atoms with van der Waals surface area (Å²) in [5.41, 5.74) is 5.35. The molecule has 0 spiro atoms. The summed E-state index contributed by atoms with van der Waals surface area (Å²) in [4.78, 5) is 5.09. The predicted molar refractivity (Wildman–Crippen MR) is 106 cm³/mol. The molecule has 0 bridgehead atoms. The van der Waals surface area contributed by atoms with Gasteiger partial charge in [0.15, 0.2) is 0 Å². The van der Waals surface area contributed by atoms with Crippen LogP contribution in [0.1, 0.15) is 28.4 Å². The zero-order valence-corrected chi connectivity index (χ0v) is 14.6. The van der Waals surface area contributed by atoms with Gasteiger partial charge in [0, 0.05) is 17.3 Å². The van der Waals surface area contributed by atoms with Gasteiger partial charge in [-0.1, -0.05) is 60.7 Å². The summed E-state index contributed by atoms with van der Waals surface area (Å²) >= 11 is 0. The van der Waals surface area contributed by atoms with Gasteiger partial charge in [-0.25, -0.2) is 4.39 Å². The highest BCUT2D eigenvalue weighted by Gasteiger charge is 2.26. The molecule has 1 aromatic heterocycles. The average molecular weight is 352 g/mol. The lowest BCUT2D eigenvalue weighted by Crippen LogP contribution is -2.10. The largest absolute Gasteiger partial charge is 0.315 e. The highest BCUT2D eigenvalue weighted by Crippen LogP contribution is 2.36. The van der Waals surface area contributed by atoms with Crippen LogP contribution in [-0.2, 0) is 0 Å². The maximum Gasteiger partial charge on any atom is 0.132 e. The Morgan fingerprint density at radius 2 is 1.48 bits per heavy atom. The molecule has 0 fully saturated rings. The number of halogens is 1. The number of benzene rings is 3. The third kappa shape index (κ3) is 2.59. The second kappa shape index (κ2) is 6.36. The minimum atomic E-state index is -0.262. The van der Waals surface area contributed by atoms with Gasteiger partial charge in [0.25, 0.3) is 0 Å². The zero-order valence-electron chi connectivity index (χ0n) is 14.6. The molecule has 0 unspecified atom stereocenters. The van der Waals surface area contributed by atoms with Crippen LogP contribution in [0.25, 0.3) is 5.69 Å². The van der Waals surface area contributed by atoms with E-state index in [4.69, 9.17) is 4.99 Å². The van der Waals surface area contributed by atoms with E-state index in [-0.39, 0.29) is 11.9 Å². The highest BCUT2D eigenvalue weighted by atomic mass is 19.1. The molecule has 0 radical (unpaired) electrons. The fourth-order valence-electron chi connectivity index (χ4n) is 3.74. The van der Waals surface area contributed by atoms with Crippen LogP contribution in [0.15, 0.2) is 102 Å². The molecule has 1 aliphatic rings. The Balaban J connectivity index is 1.84. The molecule has 2 heterocycles. The van der Waals surface area contributed by atoms with Crippen molar-refractivity contribution in [2.45, 2.75) is 6.04 Å². The van der Waals surface area contributed by atoms with Crippen molar-refractivity contribution in [2.75, 3.05) is 0 Å². The molecular formula is C24H17FN2.